The Labute approximate surface area is 94.7 Å². The fourth-order valence-electron chi connectivity index (χ4n) is 1.99. The second-order valence-corrected chi connectivity index (χ2v) is 4.84. The Kier molecular flexibility index (Phi) is 3.91. The molecule has 15 heavy (non-hydrogen) atoms. The number of likely N-dealkylation sites (tertiary alicyclic amines) is 1. The summed E-state index contributed by atoms with van der Waals surface area (Å²) < 4.78 is 0. The molecule has 0 bridgehead atoms. The van der Waals surface area contributed by atoms with Crippen LogP contribution in [0, 0.1) is 5.92 Å². The number of hydrogen-bond acceptors (Lipinski definition) is 5. The van der Waals surface area contributed by atoms with Gasteiger partial charge in [0.05, 0.1) is 0 Å². The third kappa shape index (κ3) is 3.14. The molecule has 84 valence electrons. The minimum absolute atomic E-state index is 0.802. The van der Waals surface area contributed by atoms with E-state index >= 15 is 0 Å². The lowest BCUT2D eigenvalue weighted by atomic mass is 9.97. The van der Waals surface area contributed by atoms with Gasteiger partial charge in [-0.05, 0) is 38.4 Å². The number of aromatic nitrogens is 2. The predicted octanol–water partition coefficient (Wildman–Crippen LogP) is 1.68. The van der Waals surface area contributed by atoms with Crippen molar-refractivity contribution in [2.24, 2.45) is 5.92 Å². The third-order valence-corrected chi connectivity index (χ3v) is 3.71. The molecule has 0 aromatic carbocycles. The molecule has 5 heteroatoms. The maximum Gasteiger partial charge on any atom is 0.205 e. The van der Waals surface area contributed by atoms with E-state index in [2.05, 4.69) is 27.3 Å². The van der Waals surface area contributed by atoms with Crippen molar-refractivity contribution in [3.05, 3.63) is 5.51 Å². The normalized spacial score (nSPS) is 19.3. The Morgan fingerprint density at radius 3 is 2.93 bits per heavy atom. The first-order chi connectivity index (χ1) is 7.38. The van der Waals surface area contributed by atoms with E-state index < -0.39 is 0 Å². The summed E-state index contributed by atoms with van der Waals surface area (Å²) in [6, 6.07) is 0. The second-order valence-electron chi connectivity index (χ2n) is 4.00. The van der Waals surface area contributed by atoms with Crippen LogP contribution in [0.15, 0.2) is 5.51 Å². The number of nitrogens with zero attached hydrogens (tertiary/aromatic N) is 3. The zero-order chi connectivity index (χ0) is 10.5. The van der Waals surface area contributed by atoms with Crippen LogP contribution in [-0.4, -0.2) is 41.3 Å². The van der Waals surface area contributed by atoms with Crippen molar-refractivity contribution in [3.8, 4) is 0 Å². The lowest BCUT2D eigenvalue weighted by molar-refractivity contribution is 0.198. The highest BCUT2D eigenvalue weighted by molar-refractivity contribution is 7.13. The van der Waals surface area contributed by atoms with Crippen molar-refractivity contribution in [1.82, 2.24) is 15.1 Å². The van der Waals surface area contributed by atoms with E-state index in [1.807, 2.05) is 0 Å². The molecule has 0 spiro atoms. The molecular weight excluding hydrogens is 208 g/mol. The summed E-state index contributed by atoms with van der Waals surface area (Å²) in [5.74, 6) is 0.802. The van der Waals surface area contributed by atoms with Crippen molar-refractivity contribution in [2.45, 2.75) is 19.8 Å². The van der Waals surface area contributed by atoms with Gasteiger partial charge in [0, 0.05) is 6.54 Å². The van der Waals surface area contributed by atoms with Crippen molar-refractivity contribution < 1.29 is 0 Å². The first-order valence-corrected chi connectivity index (χ1v) is 6.49. The van der Waals surface area contributed by atoms with E-state index in [0.29, 0.717) is 0 Å². The quantitative estimate of drug-likeness (QED) is 0.848. The highest BCUT2D eigenvalue weighted by Crippen LogP contribution is 2.18. The van der Waals surface area contributed by atoms with Crippen molar-refractivity contribution >= 4 is 16.5 Å². The third-order valence-electron chi connectivity index (χ3n) is 3.06. The Bertz CT molecular complexity index is 267. The summed E-state index contributed by atoms with van der Waals surface area (Å²) in [6.45, 7) is 6.97. The molecule has 1 N–H and O–H groups in total. The zero-order valence-corrected chi connectivity index (χ0v) is 9.96. The van der Waals surface area contributed by atoms with Crippen molar-refractivity contribution in [1.29, 1.82) is 0 Å². The molecule has 0 unspecified atom stereocenters. The van der Waals surface area contributed by atoms with Gasteiger partial charge in [-0.2, -0.15) is 0 Å². The monoisotopic (exact) mass is 226 g/mol. The lowest BCUT2D eigenvalue weighted by Crippen LogP contribution is -2.35. The summed E-state index contributed by atoms with van der Waals surface area (Å²) in [5.41, 5.74) is 1.77. The van der Waals surface area contributed by atoms with Crippen LogP contribution in [0.2, 0.25) is 0 Å². The fourth-order valence-corrected chi connectivity index (χ4v) is 2.44. The first kappa shape index (κ1) is 10.8. The summed E-state index contributed by atoms with van der Waals surface area (Å²) >= 11 is 1.57. The van der Waals surface area contributed by atoms with Crippen LogP contribution in [0.5, 0.6) is 0 Å². The Balaban J connectivity index is 1.69. The standard InChI is InChI=1S/C10H18N4S/c1-2-14-5-3-9(4-6-14)7-11-10-13-12-8-15-10/h8-9H,2-7H2,1H3,(H,11,13). The zero-order valence-electron chi connectivity index (χ0n) is 9.15. The van der Waals surface area contributed by atoms with Gasteiger partial charge in [-0.15, -0.1) is 10.2 Å². The van der Waals surface area contributed by atoms with E-state index in [9.17, 15) is 0 Å². The molecule has 0 saturated carbocycles. The van der Waals surface area contributed by atoms with Gasteiger partial charge >= 0.3 is 0 Å². The summed E-state index contributed by atoms with van der Waals surface area (Å²) in [7, 11) is 0. The van der Waals surface area contributed by atoms with Crippen LogP contribution in [0.4, 0.5) is 5.13 Å². The molecule has 1 aromatic heterocycles. The molecule has 1 aliphatic heterocycles. The highest BCUT2D eigenvalue weighted by Gasteiger charge is 2.17. The van der Waals surface area contributed by atoms with Crippen LogP contribution in [0.25, 0.3) is 0 Å². The maximum atomic E-state index is 3.98. The Hall–Kier alpha value is -0.680. The molecule has 0 atom stereocenters. The SMILES string of the molecule is CCN1CCC(CNc2nncs2)CC1. The van der Waals surface area contributed by atoms with Gasteiger partial charge in [-0.3, -0.25) is 0 Å². The van der Waals surface area contributed by atoms with Gasteiger partial charge in [0.15, 0.2) is 0 Å². The minimum atomic E-state index is 0.802. The molecule has 1 fully saturated rings. The summed E-state index contributed by atoms with van der Waals surface area (Å²) in [6.07, 6.45) is 2.61. The smallest absolute Gasteiger partial charge is 0.205 e. The van der Waals surface area contributed by atoms with Crippen molar-refractivity contribution in [3.63, 3.8) is 0 Å². The highest BCUT2D eigenvalue weighted by atomic mass is 32.1. The topological polar surface area (TPSA) is 41.0 Å². The van der Waals surface area contributed by atoms with Crippen LogP contribution in [0.1, 0.15) is 19.8 Å². The average Bonchev–Trinajstić information content (AvgIpc) is 2.80. The van der Waals surface area contributed by atoms with E-state index in [1.54, 1.807) is 16.8 Å². The number of rotatable bonds is 4. The van der Waals surface area contributed by atoms with Crippen LogP contribution in [-0.2, 0) is 0 Å². The van der Waals surface area contributed by atoms with E-state index in [4.69, 9.17) is 0 Å². The molecule has 1 aromatic rings. The Morgan fingerprint density at radius 1 is 1.53 bits per heavy atom. The molecule has 4 nitrogen and oxygen atoms in total. The average molecular weight is 226 g/mol. The van der Waals surface area contributed by atoms with E-state index in [-0.39, 0.29) is 0 Å². The first-order valence-electron chi connectivity index (χ1n) is 5.61. The molecule has 1 saturated heterocycles. The van der Waals surface area contributed by atoms with Gasteiger partial charge < -0.3 is 10.2 Å². The molecule has 0 aliphatic carbocycles. The van der Waals surface area contributed by atoms with Gasteiger partial charge in [0.25, 0.3) is 0 Å². The number of anilines is 1. The molecule has 1 aliphatic rings. The predicted molar refractivity (Wildman–Crippen MR) is 63.2 cm³/mol. The lowest BCUT2D eigenvalue weighted by Gasteiger charge is -2.30. The molecule has 0 radical (unpaired) electrons. The Morgan fingerprint density at radius 2 is 2.33 bits per heavy atom. The van der Waals surface area contributed by atoms with Gasteiger partial charge in [0.2, 0.25) is 5.13 Å². The van der Waals surface area contributed by atoms with E-state index in [1.165, 1.54) is 32.5 Å². The van der Waals surface area contributed by atoms with Crippen LogP contribution in [0.3, 0.4) is 0 Å². The van der Waals surface area contributed by atoms with E-state index in [0.717, 1.165) is 17.6 Å². The minimum Gasteiger partial charge on any atom is -0.360 e. The molecular formula is C10H18N4S. The summed E-state index contributed by atoms with van der Waals surface area (Å²) in [5, 5.41) is 12.1. The maximum absolute atomic E-state index is 3.98. The van der Waals surface area contributed by atoms with Crippen LogP contribution < -0.4 is 5.32 Å². The van der Waals surface area contributed by atoms with Crippen LogP contribution >= 0.6 is 11.3 Å². The molecule has 2 rings (SSSR count). The second kappa shape index (κ2) is 5.42. The molecule has 2 heterocycles. The van der Waals surface area contributed by atoms with Gasteiger partial charge in [0.1, 0.15) is 5.51 Å². The number of piperidine rings is 1. The number of nitrogens with one attached hydrogen (secondary N) is 1. The number of hydrogen-bond donors (Lipinski definition) is 1. The van der Waals surface area contributed by atoms with Crippen molar-refractivity contribution in [2.75, 3.05) is 31.5 Å². The summed E-state index contributed by atoms with van der Waals surface area (Å²) in [4.78, 5) is 2.52. The largest absolute Gasteiger partial charge is 0.360 e. The van der Waals surface area contributed by atoms with Gasteiger partial charge in [-0.25, -0.2) is 0 Å². The molecule has 0 amide bonds. The van der Waals surface area contributed by atoms with Gasteiger partial charge in [-0.1, -0.05) is 18.3 Å². The fraction of sp³-hybridized carbons (Fsp3) is 0.800.